The average Bonchev–Trinajstić information content (AvgIpc) is 3.85. The van der Waals surface area contributed by atoms with Gasteiger partial charge in [0.25, 0.3) is 0 Å². The van der Waals surface area contributed by atoms with Crippen molar-refractivity contribution in [3.63, 3.8) is 0 Å². The zero-order chi connectivity index (χ0) is 39.2. The Morgan fingerprint density at radius 3 is 1.60 bits per heavy atom. The highest BCUT2D eigenvalue weighted by Gasteiger charge is 2.40. The van der Waals surface area contributed by atoms with Crippen molar-refractivity contribution in [2.24, 2.45) is 0 Å². The summed E-state index contributed by atoms with van der Waals surface area (Å²) in [6.07, 6.45) is 0. The first-order valence-electron chi connectivity index (χ1n) is 20.3. The van der Waals surface area contributed by atoms with Gasteiger partial charge in [-0.1, -0.05) is 173 Å². The zero-order valence-corrected chi connectivity index (χ0v) is 34.1. The van der Waals surface area contributed by atoms with E-state index < -0.39 is 0 Å². The second-order valence-corrected chi connectivity index (χ2v) is 18.0. The van der Waals surface area contributed by atoms with E-state index in [1.165, 1.54) is 87.3 Å². The van der Waals surface area contributed by atoms with Crippen molar-refractivity contribution in [3.05, 3.63) is 210 Å². The molecule has 0 spiro atoms. The van der Waals surface area contributed by atoms with Gasteiger partial charge in [-0.15, -0.1) is 11.3 Å². The van der Waals surface area contributed by atoms with Crippen LogP contribution in [0.15, 0.2) is 188 Å². The SMILES string of the molecule is CC1(C)c2ccccc2-c2ccc(N(c3ccc(-c4ccc(-c5ccccc5)cc4)cc3)c3ccc(-c4cccc5c4-c4sc6ccccc6c4C5(C)C)cc3)cc21. The fourth-order valence-corrected chi connectivity index (χ4v) is 11.3. The van der Waals surface area contributed by atoms with Crippen LogP contribution >= 0.6 is 11.3 Å². The fraction of sp³-hybridized carbons (Fsp3) is 0.107. The molecule has 0 bridgehead atoms. The van der Waals surface area contributed by atoms with E-state index in [9.17, 15) is 0 Å². The minimum atomic E-state index is -0.0971. The molecule has 0 saturated carbocycles. The van der Waals surface area contributed by atoms with Crippen molar-refractivity contribution < 1.29 is 0 Å². The van der Waals surface area contributed by atoms with Crippen molar-refractivity contribution in [1.29, 1.82) is 0 Å². The summed E-state index contributed by atoms with van der Waals surface area (Å²) in [6, 6.07) is 69.6. The van der Waals surface area contributed by atoms with Gasteiger partial charge in [-0.3, -0.25) is 0 Å². The third-order valence-corrected chi connectivity index (χ3v) is 14.1. The summed E-state index contributed by atoms with van der Waals surface area (Å²) < 4.78 is 1.36. The molecule has 8 aromatic carbocycles. The number of thiophene rings is 1. The molecule has 0 fully saturated rings. The number of nitrogens with zero attached hydrogens (tertiary/aromatic N) is 1. The summed E-state index contributed by atoms with van der Waals surface area (Å²) in [4.78, 5) is 3.84. The van der Waals surface area contributed by atoms with Crippen molar-refractivity contribution in [3.8, 4) is 54.9 Å². The standard InChI is InChI=1S/C56H43NS/c1-55(2)48-18-10-8-15-45(48)46-34-33-43(35-50(46)55)57(41-29-25-39(26-30-41)38-23-21-37(22-24-38)36-13-6-5-7-14-36)42-31-27-40(28-32-42)44-17-12-19-49-52(44)54-53(56(49,3)4)47-16-9-11-20-51(47)58-54/h5-35H,1-4H3. The van der Waals surface area contributed by atoms with Gasteiger partial charge in [-0.2, -0.15) is 0 Å². The van der Waals surface area contributed by atoms with Gasteiger partial charge in [0.15, 0.2) is 0 Å². The first-order chi connectivity index (χ1) is 28.3. The van der Waals surface area contributed by atoms with Crippen LogP contribution in [0.25, 0.3) is 65.0 Å². The Labute approximate surface area is 345 Å². The van der Waals surface area contributed by atoms with E-state index in [0.717, 1.165) is 17.1 Å². The predicted molar refractivity (Wildman–Crippen MR) is 248 cm³/mol. The van der Waals surface area contributed by atoms with E-state index in [2.05, 4.69) is 221 Å². The molecule has 58 heavy (non-hydrogen) atoms. The van der Waals surface area contributed by atoms with Crippen molar-refractivity contribution in [2.75, 3.05) is 4.90 Å². The summed E-state index contributed by atoms with van der Waals surface area (Å²) in [5.41, 5.74) is 20.4. The Morgan fingerprint density at radius 2 is 0.897 bits per heavy atom. The molecule has 0 unspecified atom stereocenters. The number of hydrogen-bond donors (Lipinski definition) is 0. The largest absolute Gasteiger partial charge is 0.310 e. The summed E-state index contributed by atoms with van der Waals surface area (Å²) in [5.74, 6) is 0. The third kappa shape index (κ3) is 5.29. The smallest absolute Gasteiger partial charge is 0.0465 e. The maximum atomic E-state index is 2.43. The van der Waals surface area contributed by atoms with E-state index in [1.807, 2.05) is 11.3 Å². The molecule has 1 nitrogen and oxygen atoms in total. The van der Waals surface area contributed by atoms with Gasteiger partial charge >= 0.3 is 0 Å². The first-order valence-corrected chi connectivity index (χ1v) is 21.2. The molecule has 1 aromatic heterocycles. The van der Waals surface area contributed by atoms with Crippen LogP contribution in [0, 0.1) is 0 Å². The molecular formula is C56H43NS. The van der Waals surface area contributed by atoms with Gasteiger partial charge in [0.1, 0.15) is 0 Å². The topological polar surface area (TPSA) is 3.24 Å². The van der Waals surface area contributed by atoms with Gasteiger partial charge in [0.2, 0.25) is 0 Å². The molecule has 11 rings (SSSR count). The van der Waals surface area contributed by atoms with E-state index >= 15 is 0 Å². The van der Waals surface area contributed by atoms with Crippen LogP contribution in [-0.4, -0.2) is 0 Å². The lowest BCUT2D eigenvalue weighted by Crippen LogP contribution is -2.16. The van der Waals surface area contributed by atoms with Gasteiger partial charge in [0.05, 0.1) is 0 Å². The molecule has 2 aliphatic rings. The van der Waals surface area contributed by atoms with Gasteiger partial charge in [-0.05, 0) is 115 Å². The van der Waals surface area contributed by atoms with Crippen LogP contribution in [0.5, 0.6) is 0 Å². The minimum absolute atomic E-state index is 0.0614. The monoisotopic (exact) mass is 761 g/mol. The molecule has 0 atom stereocenters. The Hall–Kier alpha value is -6.48. The van der Waals surface area contributed by atoms with Crippen molar-refractivity contribution in [2.45, 2.75) is 38.5 Å². The summed E-state index contributed by atoms with van der Waals surface area (Å²) in [7, 11) is 0. The number of anilines is 3. The van der Waals surface area contributed by atoms with E-state index in [4.69, 9.17) is 0 Å². The Morgan fingerprint density at radius 1 is 0.379 bits per heavy atom. The highest BCUT2D eigenvalue weighted by atomic mass is 32.1. The molecule has 1 heterocycles. The normalized spacial score (nSPS) is 14.1. The second kappa shape index (κ2) is 13.0. The van der Waals surface area contributed by atoms with Crippen LogP contribution in [0.1, 0.15) is 49.9 Å². The lowest BCUT2D eigenvalue weighted by atomic mass is 9.81. The molecule has 0 aliphatic heterocycles. The number of rotatable bonds is 6. The summed E-state index contributed by atoms with van der Waals surface area (Å²) in [6.45, 7) is 9.51. The minimum Gasteiger partial charge on any atom is -0.310 e. The Balaban J connectivity index is 1.00. The quantitative estimate of drug-likeness (QED) is 0.163. The van der Waals surface area contributed by atoms with Gasteiger partial charge < -0.3 is 4.90 Å². The molecule has 0 saturated heterocycles. The Kier molecular flexibility index (Phi) is 7.80. The second-order valence-electron chi connectivity index (χ2n) is 16.9. The van der Waals surface area contributed by atoms with Gasteiger partial charge in [-0.25, -0.2) is 0 Å². The first kappa shape index (κ1) is 34.7. The van der Waals surface area contributed by atoms with Crippen molar-refractivity contribution >= 4 is 38.5 Å². The van der Waals surface area contributed by atoms with E-state index in [1.54, 1.807) is 0 Å². The maximum absolute atomic E-state index is 2.43. The van der Waals surface area contributed by atoms with Crippen molar-refractivity contribution in [1.82, 2.24) is 0 Å². The van der Waals surface area contributed by atoms with Crippen LogP contribution in [0.2, 0.25) is 0 Å². The fourth-order valence-electron chi connectivity index (χ4n) is 9.89. The van der Waals surface area contributed by atoms with E-state index in [0.29, 0.717) is 0 Å². The van der Waals surface area contributed by atoms with Crippen LogP contribution in [0.4, 0.5) is 17.1 Å². The van der Waals surface area contributed by atoms with Crippen LogP contribution < -0.4 is 4.90 Å². The lowest BCUT2D eigenvalue weighted by Gasteiger charge is -2.28. The molecule has 9 aromatic rings. The zero-order valence-electron chi connectivity index (χ0n) is 33.3. The van der Waals surface area contributed by atoms with Crippen LogP contribution in [-0.2, 0) is 10.8 Å². The Bertz CT molecular complexity index is 3020. The highest BCUT2D eigenvalue weighted by Crippen LogP contribution is 2.58. The molecule has 0 radical (unpaired) electrons. The predicted octanol–water partition coefficient (Wildman–Crippen LogP) is 16.0. The summed E-state index contributed by atoms with van der Waals surface area (Å²) in [5, 5.41) is 1.39. The molecule has 0 N–H and O–H groups in total. The highest BCUT2D eigenvalue weighted by molar-refractivity contribution is 7.22. The number of fused-ring (bicyclic) bond motifs is 8. The molecule has 2 aliphatic carbocycles. The number of benzene rings is 8. The maximum Gasteiger partial charge on any atom is 0.0465 e. The van der Waals surface area contributed by atoms with Crippen LogP contribution in [0.3, 0.4) is 0 Å². The third-order valence-electron chi connectivity index (χ3n) is 12.9. The molecule has 278 valence electrons. The van der Waals surface area contributed by atoms with E-state index in [-0.39, 0.29) is 10.8 Å². The number of hydrogen-bond acceptors (Lipinski definition) is 2. The summed E-state index contributed by atoms with van der Waals surface area (Å²) >= 11 is 1.94. The average molecular weight is 762 g/mol. The molecule has 0 amide bonds. The molecule has 2 heteroatoms. The lowest BCUT2D eigenvalue weighted by molar-refractivity contribution is 0.660. The van der Waals surface area contributed by atoms with Gasteiger partial charge in [0, 0.05) is 43.0 Å². The molecular weight excluding hydrogens is 719 g/mol.